The number of hydrogen-bond donors (Lipinski definition) is 1. The van der Waals surface area contributed by atoms with Crippen molar-refractivity contribution in [2.24, 2.45) is 5.73 Å². The normalized spacial score (nSPS) is 18.6. The van der Waals surface area contributed by atoms with Crippen molar-refractivity contribution in [1.82, 2.24) is 4.31 Å². The topological polar surface area (TPSA) is 63.4 Å². The van der Waals surface area contributed by atoms with E-state index in [1.54, 1.807) is 28.6 Å². The van der Waals surface area contributed by atoms with Crippen LogP contribution < -0.4 is 5.73 Å². The van der Waals surface area contributed by atoms with Crippen LogP contribution in [0.1, 0.15) is 32.3 Å². The second-order valence-corrected chi connectivity index (χ2v) is 7.33. The summed E-state index contributed by atoms with van der Waals surface area (Å²) in [6.07, 6.45) is 1.77. The molecule has 2 N–H and O–H groups in total. The molecule has 0 aromatic heterocycles. The molecule has 1 aromatic carbocycles. The van der Waals surface area contributed by atoms with Crippen LogP contribution in [0.4, 0.5) is 0 Å². The highest BCUT2D eigenvalue weighted by Gasteiger charge is 2.41. The van der Waals surface area contributed by atoms with Crippen LogP contribution in [0.25, 0.3) is 0 Å². The molecule has 0 aliphatic carbocycles. The van der Waals surface area contributed by atoms with Gasteiger partial charge in [-0.1, -0.05) is 24.0 Å². The summed E-state index contributed by atoms with van der Waals surface area (Å²) in [5.74, 6) is 5.57. The summed E-state index contributed by atoms with van der Waals surface area (Å²) >= 11 is 0. The van der Waals surface area contributed by atoms with E-state index in [4.69, 9.17) is 5.73 Å². The van der Waals surface area contributed by atoms with Crippen LogP contribution in [0.5, 0.6) is 0 Å². The maximum atomic E-state index is 12.9. The fourth-order valence-corrected chi connectivity index (χ4v) is 4.58. The molecule has 1 aliphatic rings. The monoisotopic (exact) mass is 292 g/mol. The van der Waals surface area contributed by atoms with Gasteiger partial charge in [0.05, 0.1) is 11.4 Å². The van der Waals surface area contributed by atoms with Crippen molar-refractivity contribution < 1.29 is 8.42 Å². The lowest BCUT2D eigenvalue weighted by atomic mass is 10.0. The maximum Gasteiger partial charge on any atom is 0.244 e. The van der Waals surface area contributed by atoms with Crippen molar-refractivity contribution in [1.29, 1.82) is 0 Å². The van der Waals surface area contributed by atoms with Crippen LogP contribution in [0, 0.1) is 11.8 Å². The van der Waals surface area contributed by atoms with E-state index in [0.717, 1.165) is 12.8 Å². The summed E-state index contributed by atoms with van der Waals surface area (Å²) in [6.45, 7) is 4.70. The summed E-state index contributed by atoms with van der Waals surface area (Å²) in [4.78, 5) is 0.274. The van der Waals surface area contributed by atoms with Gasteiger partial charge in [-0.2, -0.15) is 4.31 Å². The smallest absolute Gasteiger partial charge is 0.244 e. The van der Waals surface area contributed by atoms with E-state index in [9.17, 15) is 8.42 Å². The number of nitrogens with two attached hydrogens (primary N) is 1. The van der Waals surface area contributed by atoms with Gasteiger partial charge in [-0.15, -0.1) is 0 Å². The molecule has 0 unspecified atom stereocenters. The Bertz CT molecular complexity index is 654. The number of sulfonamides is 1. The quantitative estimate of drug-likeness (QED) is 0.841. The van der Waals surface area contributed by atoms with Gasteiger partial charge in [0.25, 0.3) is 0 Å². The third-order valence-electron chi connectivity index (χ3n) is 3.61. The molecule has 2 rings (SSSR count). The van der Waals surface area contributed by atoms with E-state index in [-0.39, 0.29) is 17.0 Å². The molecule has 0 radical (unpaired) electrons. The van der Waals surface area contributed by atoms with Crippen molar-refractivity contribution in [3.8, 4) is 11.8 Å². The first-order valence-corrected chi connectivity index (χ1v) is 8.14. The highest BCUT2D eigenvalue weighted by Crippen LogP contribution is 2.34. The molecule has 1 aliphatic heterocycles. The molecular formula is C15H20N2O2S. The molecule has 0 spiro atoms. The Morgan fingerprint density at radius 3 is 2.65 bits per heavy atom. The molecule has 1 fully saturated rings. The standard InChI is InChI=1S/C15H20N2O2S/c1-15(2)10-6-12-17(15)20(18,19)14-9-4-3-7-13(14)8-5-11-16/h3-4,7,9H,6,10-12,16H2,1-2H3. The van der Waals surface area contributed by atoms with Gasteiger partial charge >= 0.3 is 0 Å². The summed E-state index contributed by atoms with van der Waals surface area (Å²) < 4.78 is 27.3. The molecule has 0 bridgehead atoms. The molecule has 20 heavy (non-hydrogen) atoms. The largest absolute Gasteiger partial charge is 0.320 e. The van der Waals surface area contributed by atoms with Gasteiger partial charge in [-0.25, -0.2) is 8.42 Å². The number of nitrogens with zero attached hydrogens (tertiary/aromatic N) is 1. The third-order valence-corrected chi connectivity index (χ3v) is 5.77. The molecule has 5 heteroatoms. The first-order chi connectivity index (χ1) is 9.39. The Kier molecular flexibility index (Phi) is 4.19. The third kappa shape index (κ3) is 2.73. The number of rotatable bonds is 2. The fourth-order valence-electron chi connectivity index (χ4n) is 2.59. The maximum absolute atomic E-state index is 12.9. The molecule has 0 atom stereocenters. The predicted molar refractivity (Wildman–Crippen MR) is 79.6 cm³/mol. The highest BCUT2D eigenvalue weighted by atomic mass is 32.2. The average Bonchev–Trinajstić information content (AvgIpc) is 2.77. The van der Waals surface area contributed by atoms with E-state index >= 15 is 0 Å². The lowest BCUT2D eigenvalue weighted by Gasteiger charge is -2.30. The minimum atomic E-state index is -3.52. The van der Waals surface area contributed by atoms with Gasteiger partial charge in [-0.05, 0) is 38.8 Å². The number of benzene rings is 1. The summed E-state index contributed by atoms with van der Waals surface area (Å²) in [6, 6.07) is 6.85. The molecule has 108 valence electrons. The molecule has 0 saturated carbocycles. The summed E-state index contributed by atoms with van der Waals surface area (Å²) in [5.41, 5.74) is 5.54. The van der Waals surface area contributed by atoms with Gasteiger partial charge < -0.3 is 5.73 Å². The van der Waals surface area contributed by atoms with Crippen LogP contribution in [0.15, 0.2) is 29.2 Å². The highest BCUT2D eigenvalue weighted by molar-refractivity contribution is 7.89. The molecule has 1 saturated heterocycles. The molecule has 1 aromatic rings. The van der Waals surface area contributed by atoms with Crippen molar-refractivity contribution in [3.63, 3.8) is 0 Å². The van der Waals surface area contributed by atoms with Crippen LogP contribution in [-0.4, -0.2) is 31.4 Å². The van der Waals surface area contributed by atoms with Gasteiger partial charge in [0.15, 0.2) is 0 Å². The zero-order chi connectivity index (χ0) is 14.8. The van der Waals surface area contributed by atoms with Gasteiger partial charge in [0, 0.05) is 17.6 Å². The Morgan fingerprint density at radius 1 is 1.35 bits per heavy atom. The van der Waals surface area contributed by atoms with Gasteiger partial charge in [-0.3, -0.25) is 0 Å². The molecular weight excluding hydrogens is 272 g/mol. The summed E-state index contributed by atoms with van der Waals surface area (Å²) in [7, 11) is -3.52. The second-order valence-electron chi connectivity index (χ2n) is 5.50. The van der Waals surface area contributed by atoms with E-state index in [0.29, 0.717) is 12.1 Å². The SMILES string of the molecule is CC1(C)CCCN1S(=O)(=O)c1ccccc1C#CCN. The van der Waals surface area contributed by atoms with Crippen molar-refractivity contribution in [2.45, 2.75) is 37.1 Å². The Labute approximate surface area is 121 Å². The lowest BCUT2D eigenvalue weighted by molar-refractivity contribution is 0.291. The van der Waals surface area contributed by atoms with E-state index in [1.807, 2.05) is 13.8 Å². The fraction of sp³-hybridized carbons (Fsp3) is 0.467. The van der Waals surface area contributed by atoms with Crippen molar-refractivity contribution in [2.75, 3.05) is 13.1 Å². The molecule has 4 nitrogen and oxygen atoms in total. The minimum absolute atomic E-state index is 0.212. The Hall–Kier alpha value is -1.35. The predicted octanol–water partition coefficient (Wildman–Crippen LogP) is 1.56. The van der Waals surface area contributed by atoms with E-state index in [1.165, 1.54) is 0 Å². The van der Waals surface area contributed by atoms with Crippen LogP contribution >= 0.6 is 0 Å². The lowest BCUT2D eigenvalue weighted by Crippen LogP contribution is -2.42. The average molecular weight is 292 g/mol. The van der Waals surface area contributed by atoms with Crippen molar-refractivity contribution >= 4 is 10.0 Å². The van der Waals surface area contributed by atoms with Crippen LogP contribution in [-0.2, 0) is 10.0 Å². The second kappa shape index (κ2) is 5.57. The van der Waals surface area contributed by atoms with E-state index in [2.05, 4.69) is 11.8 Å². The molecule has 1 heterocycles. The Morgan fingerprint density at radius 2 is 2.05 bits per heavy atom. The first-order valence-electron chi connectivity index (χ1n) is 6.70. The van der Waals surface area contributed by atoms with E-state index < -0.39 is 10.0 Å². The number of hydrogen-bond acceptors (Lipinski definition) is 3. The zero-order valence-corrected chi connectivity index (χ0v) is 12.7. The zero-order valence-electron chi connectivity index (χ0n) is 11.9. The Balaban J connectivity index is 2.50. The van der Waals surface area contributed by atoms with Crippen LogP contribution in [0.2, 0.25) is 0 Å². The van der Waals surface area contributed by atoms with Gasteiger partial charge in [0.2, 0.25) is 10.0 Å². The molecule has 0 amide bonds. The minimum Gasteiger partial charge on any atom is -0.320 e. The first kappa shape index (κ1) is 15.0. The van der Waals surface area contributed by atoms with Crippen molar-refractivity contribution in [3.05, 3.63) is 29.8 Å². The van der Waals surface area contributed by atoms with Crippen LogP contribution in [0.3, 0.4) is 0 Å². The van der Waals surface area contributed by atoms with Gasteiger partial charge in [0.1, 0.15) is 0 Å². The summed E-state index contributed by atoms with van der Waals surface area (Å²) in [5, 5.41) is 0.